The second-order valence-corrected chi connectivity index (χ2v) is 11.0. The Labute approximate surface area is 210 Å². The number of urea groups is 1. The number of amides is 3. The molecule has 0 atom stereocenters. The van der Waals surface area contributed by atoms with E-state index in [1.807, 2.05) is 47.4 Å². The summed E-state index contributed by atoms with van der Waals surface area (Å²) in [5.74, 6) is 0.982. The molecule has 0 N–H and O–H groups in total. The number of nitrogens with zero attached hydrogens (tertiary/aromatic N) is 4. The van der Waals surface area contributed by atoms with Crippen LogP contribution in [0, 0.1) is 5.92 Å². The third-order valence-corrected chi connectivity index (χ3v) is 8.07. The number of rotatable bonds is 7. The molecule has 2 aliphatic rings. The van der Waals surface area contributed by atoms with Crippen LogP contribution < -0.4 is 4.74 Å². The molecule has 3 amide bonds. The van der Waals surface area contributed by atoms with E-state index in [1.165, 1.54) is 9.60 Å². The van der Waals surface area contributed by atoms with Gasteiger partial charge >= 0.3 is 6.03 Å². The summed E-state index contributed by atoms with van der Waals surface area (Å²) in [5, 5.41) is 1.09. The van der Waals surface area contributed by atoms with Crippen LogP contribution in [-0.2, 0) is 17.9 Å². The van der Waals surface area contributed by atoms with Gasteiger partial charge in [-0.15, -0.1) is 11.3 Å². The highest BCUT2D eigenvalue weighted by Crippen LogP contribution is 2.39. The highest BCUT2D eigenvalue weighted by Gasteiger charge is 2.57. The normalized spacial score (nSPS) is 18.4. The lowest BCUT2D eigenvalue weighted by atomic mass is 9.85. The second-order valence-electron chi connectivity index (χ2n) is 9.91. The van der Waals surface area contributed by atoms with Gasteiger partial charge in [-0.05, 0) is 48.6 Å². The summed E-state index contributed by atoms with van der Waals surface area (Å²) in [6.07, 6.45) is 1.29. The van der Waals surface area contributed by atoms with Crippen molar-refractivity contribution in [3.05, 3.63) is 59.1 Å². The van der Waals surface area contributed by atoms with Crippen LogP contribution in [0.5, 0.6) is 5.75 Å². The number of aromatic nitrogens is 1. The van der Waals surface area contributed by atoms with Gasteiger partial charge in [-0.25, -0.2) is 9.78 Å². The van der Waals surface area contributed by atoms with Crippen molar-refractivity contribution in [3.8, 4) is 5.75 Å². The number of fused-ring (bicyclic) bond motifs is 1. The number of benzene rings is 2. The third-order valence-electron chi connectivity index (χ3n) is 7.05. The molecule has 35 heavy (non-hydrogen) atoms. The topological polar surface area (TPSA) is 66.0 Å². The zero-order valence-electron chi connectivity index (χ0n) is 20.6. The van der Waals surface area contributed by atoms with Crippen molar-refractivity contribution in [3.63, 3.8) is 0 Å². The molecule has 2 saturated heterocycles. The Morgan fingerprint density at radius 3 is 2.40 bits per heavy atom. The molecule has 1 aromatic heterocycles. The minimum atomic E-state index is -0.752. The third kappa shape index (κ3) is 4.52. The summed E-state index contributed by atoms with van der Waals surface area (Å²) in [5.41, 5.74) is 1.20. The van der Waals surface area contributed by atoms with E-state index in [0.29, 0.717) is 19.4 Å². The first-order valence-corrected chi connectivity index (χ1v) is 13.0. The fraction of sp³-hybridized carbons (Fsp3) is 0.444. The van der Waals surface area contributed by atoms with Gasteiger partial charge in [0.15, 0.2) is 0 Å². The van der Waals surface area contributed by atoms with Gasteiger partial charge in [-0.2, -0.15) is 0 Å². The number of likely N-dealkylation sites (tertiary alicyclic amines) is 1. The van der Waals surface area contributed by atoms with Gasteiger partial charge in [0.25, 0.3) is 5.91 Å². The smallest absolute Gasteiger partial charge is 0.327 e. The maximum absolute atomic E-state index is 13.8. The predicted octanol–water partition coefficient (Wildman–Crippen LogP) is 4.76. The van der Waals surface area contributed by atoms with Crippen LogP contribution in [0.1, 0.15) is 37.3 Å². The Balaban J connectivity index is 1.32. The van der Waals surface area contributed by atoms with Crippen molar-refractivity contribution < 1.29 is 14.3 Å². The minimum Gasteiger partial charge on any atom is -0.497 e. The standard InChI is InChI=1S/C27H32N4O3S/c1-19(2)16-31-26(33)30(17-20-8-10-21(34-3)11-9-20)25(32)27(31)12-14-29(15-13-27)18-24-28-22-6-4-5-7-23(22)35-24/h4-11,19H,12-18H2,1-3H3. The molecule has 0 unspecified atom stereocenters. The molecule has 3 aromatic rings. The molecular formula is C27H32N4O3S. The number of hydrogen-bond donors (Lipinski definition) is 0. The molecule has 7 nitrogen and oxygen atoms in total. The van der Waals surface area contributed by atoms with Crippen molar-refractivity contribution in [1.29, 1.82) is 0 Å². The highest BCUT2D eigenvalue weighted by atomic mass is 32.1. The average molecular weight is 493 g/mol. The molecule has 0 radical (unpaired) electrons. The van der Waals surface area contributed by atoms with Crippen molar-refractivity contribution in [2.75, 3.05) is 26.7 Å². The number of hydrogen-bond acceptors (Lipinski definition) is 6. The van der Waals surface area contributed by atoms with Gasteiger partial charge in [-0.1, -0.05) is 38.1 Å². The number of ether oxygens (including phenoxy) is 1. The molecule has 0 aliphatic carbocycles. The fourth-order valence-corrected chi connectivity index (χ4v) is 6.21. The van der Waals surface area contributed by atoms with Gasteiger partial charge in [0.1, 0.15) is 16.3 Å². The molecule has 0 saturated carbocycles. The lowest BCUT2D eigenvalue weighted by Gasteiger charge is -2.42. The summed E-state index contributed by atoms with van der Waals surface area (Å²) in [4.78, 5) is 37.8. The van der Waals surface area contributed by atoms with Gasteiger partial charge in [0.05, 0.1) is 30.4 Å². The molecule has 3 heterocycles. The zero-order chi connectivity index (χ0) is 24.6. The number of thiazole rings is 1. The zero-order valence-corrected chi connectivity index (χ0v) is 21.4. The summed E-state index contributed by atoms with van der Waals surface area (Å²) < 4.78 is 6.44. The summed E-state index contributed by atoms with van der Waals surface area (Å²) in [6, 6.07) is 15.6. The van der Waals surface area contributed by atoms with Gasteiger partial charge in [0, 0.05) is 19.6 Å². The lowest BCUT2D eigenvalue weighted by molar-refractivity contribution is -0.136. The highest BCUT2D eigenvalue weighted by molar-refractivity contribution is 7.18. The molecular weight excluding hydrogens is 460 g/mol. The maximum atomic E-state index is 13.8. The van der Waals surface area contributed by atoms with E-state index in [2.05, 4.69) is 24.8 Å². The Hall–Kier alpha value is -2.97. The van der Waals surface area contributed by atoms with E-state index < -0.39 is 5.54 Å². The number of para-hydroxylation sites is 1. The molecule has 1 spiro atoms. The van der Waals surface area contributed by atoms with Crippen LogP contribution in [0.15, 0.2) is 48.5 Å². The van der Waals surface area contributed by atoms with Crippen molar-refractivity contribution in [1.82, 2.24) is 19.7 Å². The minimum absolute atomic E-state index is 0.0568. The van der Waals surface area contributed by atoms with Gasteiger partial charge in [-0.3, -0.25) is 14.6 Å². The molecule has 2 fully saturated rings. The molecule has 2 aliphatic heterocycles. The Kier molecular flexibility index (Phi) is 6.51. The van der Waals surface area contributed by atoms with E-state index in [4.69, 9.17) is 9.72 Å². The predicted molar refractivity (Wildman–Crippen MR) is 137 cm³/mol. The van der Waals surface area contributed by atoms with Crippen LogP contribution in [0.2, 0.25) is 0 Å². The number of carbonyl (C=O) groups is 2. The summed E-state index contributed by atoms with van der Waals surface area (Å²) >= 11 is 1.73. The van der Waals surface area contributed by atoms with Crippen LogP contribution in [0.4, 0.5) is 4.79 Å². The summed E-state index contributed by atoms with van der Waals surface area (Å²) in [6.45, 7) is 7.37. The molecule has 2 aromatic carbocycles. The average Bonchev–Trinajstić information content (AvgIpc) is 3.35. The number of methoxy groups -OCH3 is 1. The largest absolute Gasteiger partial charge is 0.497 e. The SMILES string of the molecule is COc1ccc(CN2C(=O)N(CC(C)C)C3(CCN(Cc4nc5ccccc5s4)CC3)C2=O)cc1. The van der Waals surface area contributed by atoms with E-state index in [0.717, 1.165) is 41.5 Å². The molecule has 5 rings (SSSR count). The summed E-state index contributed by atoms with van der Waals surface area (Å²) in [7, 11) is 1.62. The first-order valence-electron chi connectivity index (χ1n) is 12.2. The van der Waals surface area contributed by atoms with E-state index in [-0.39, 0.29) is 24.4 Å². The van der Waals surface area contributed by atoms with Crippen LogP contribution in [-0.4, -0.2) is 63.9 Å². The number of carbonyl (C=O) groups excluding carboxylic acids is 2. The Morgan fingerprint density at radius 1 is 1.03 bits per heavy atom. The van der Waals surface area contributed by atoms with Gasteiger partial charge < -0.3 is 9.64 Å². The van der Waals surface area contributed by atoms with Gasteiger partial charge in [0.2, 0.25) is 0 Å². The molecule has 0 bridgehead atoms. The fourth-order valence-electron chi connectivity index (χ4n) is 5.20. The number of imide groups is 1. The van der Waals surface area contributed by atoms with E-state index in [1.54, 1.807) is 18.4 Å². The quantitative estimate of drug-likeness (QED) is 0.445. The first-order chi connectivity index (χ1) is 16.9. The van der Waals surface area contributed by atoms with Crippen molar-refractivity contribution in [2.45, 2.75) is 45.3 Å². The van der Waals surface area contributed by atoms with E-state index in [9.17, 15) is 9.59 Å². The van der Waals surface area contributed by atoms with E-state index >= 15 is 0 Å². The maximum Gasteiger partial charge on any atom is 0.327 e. The van der Waals surface area contributed by atoms with Crippen LogP contribution >= 0.6 is 11.3 Å². The monoisotopic (exact) mass is 492 g/mol. The Bertz CT molecular complexity index is 1180. The molecule has 184 valence electrons. The number of piperidine rings is 1. The lowest BCUT2D eigenvalue weighted by Crippen LogP contribution is -2.57. The van der Waals surface area contributed by atoms with Crippen molar-refractivity contribution in [2.24, 2.45) is 5.92 Å². The Morgan fingerprint density at radius 2 is 1.74 bits per heavy atom. The second kappa shape index (κ2) is 9.59. The van der Waals surface area contributed by atoms with Crippen LogP contribution in [0.3, 0.4) is 0 Å². The first kappa shape index (κ1) is 23.8. The van der Waals surface area contributed by atoms with Crippen LogP contribution in [0.25, 0.3) is 10.2 Å². The van der Waals surface area contributed by atoms with Crippen molar-refractivity contribution >= 4 is 33.5 Å². The molecule has 8 heteroatoms.